The van der Waals surface area contributed by atoms with Gasteiger partial charge in [0.2, 0.25) is 0 Å². The molecular formula is C24H14Cl3N3O6. The fraction of sp³-hybridized carbons (Fsp3) is 0.0417. The quantitative estimate of drug-likeness (QED) is 0.181. The molecule has 1 saturated heterocycles. The van der Waals surface area contributed by atoms with Gasteiger partial charge in [-0.25, -0.2) is 9.69 Å². The fourth-order valence-corrected chi connectivity index (χ4v) is 4.19. The Hall–Kier alpha value is -3.92. The molecule has 12 heteroatoms. The van der Waals surface area contributed by atoms with Crippen LogP contribution in [0.15, 0.2) is 66.2 Å². The normalized spacial score (nSPS) is 14.7. The van der Waals surface area contributed by atoms with Crippen LogP contribution in [0.4, 0.5) is 16.2 Å². The summed E-state index contributed by atoms with van der Waals surface area (Å²) in [5, 5.41) is 13.8. The molecule has 0 bridgehead atoms. The number of barbiturate groups is 1. The molecule has 3 aromatic rings. The number of carbonyl (C=O) groups excluding carboxylic acids is 3. The molecule has 9 nitrogen and oxygen atoms in total. The number of nitro groups is 1. The molecule has 4 rings (SSSR count). The summed E-state index contributed by atoms with van der Waals surface area (Å²) in [5.74, 6) is -1.65. The highest BCUT2D eigenvalue weighted by molar-refractivity contribution is 6.40. The number of anilines is 1. The lowest BCUT2D eigenvalue weighted by Gasteiger charge is -2.26. The van der Waals surface area contributed by atoms with E-state index in [0.717, 1.165) is 17.7 Å². The first kappa shape index (κ1) is 25.2. The Balaban J connectivity index is 1.60. The predicted octanol–water partition coefficient (Wildman–Crippen LogP) is 5.80. The van der Waals surface area contributed by atoms with Crippen LogP contribution in [-0.4, -0.2) is 22.8 Å². The average molecular weight is 547 g/mol. The smallest absolute Gasteiger partial charge is 0.335 e. The maximum Gasteiger partial charge on any atom is 0.335 e. The summed E-state index contributed by atoms with van der Waals surface area (Å²) in [4.78, 5) is 48.8. The number of nitrogens with zero attached hydrogens (tertiary/aromatic N) is 2. The SMILES string of the molecule is O=C1NC(=O)N(c2ccc([N+](=O)[O-])cc2)C(=O)/C1=C/c1cc(Cl)c(OCc2cccc(Cl)c2)c(Cl)c1. The van der Waals surface area contributed by atoms with Gasteiger partial charge in [0, 0.05) is 17.2 Å². The van der Waals surface area contributed by atoms with Crippen molar-refractivity contribution in [2.24, 2.45) is 0 Å². The van der Waals surface area contributed by atoms with E-state index in [1.165, 1.54) is 30.3 Å². The van der Waals surface area contributed by atoms with Crippen molar-refractivity contribution in [1.29, 1.82) is 0 Å². The van der Waals surface area contributed by atoms with Crippen molar-refractivity contribution in [3.05, 3.63) is 103 Å². The van der Waals surface area contributed by atoms with E-state index in [2.05, 4.69) is 5.32 Å². The molecule has 182 valence electrons. The molecule has 1 heterocycles. The second-order valence-electron chi connectivity index (χ2n) is 7.46. The van der Waals surface area contributed by atoms with Crippen LogP contribution in [0.3, 0.4) is 0 Å². The van der Waals surface area contributed by atoms with Crippen molar-refractivity contribution in [3.8, 4) is 5.75 Å². The number of urea groups is 1. The Labute approximate surface area is 219 Å². The fourth-order valence-electron chi connectivity index (χ4n) is 3.37. The minimum atomic E-state index is -0.989. The lowest BCUT2D eigenvalue weighted by atomic mass is 10.1. The first-order valence-electron chi connectivity index (χ1n) is 10.2. The highest BCUT2D eigenvalue weighted by atomic mass is 35.5. The summed E-state index contributed by atoms with van der Waals surface area (Å²) in [6.45, 7) is 0.146. The Morgan fingerprint density at radius 2 is 1.64 bits per heavy atom. The zero-order chi connectivity index (χ0) is 26.0. The zero-order valence-electron chi connectivity index (χ0n) is 18.0. The lowest BCUT2D eigenvalue weighted by molar-refractivity contribution is -0.384. The molecule has 0 aromatic heterocycles. The number of nitrogens with one attached hydrogen (secondary N) is 1. The van der Waals surface area contributed by atoms with E-state index in [1.807, 2.05) is 6.07 Å². The molecule has 36 heavy (non-hydrogen) atoms. The molecule has 0 saturated carbocycles. The molecule has 1 aliphatic rings. The molecule has 0 unspecified atom stereocenters. The highest BCUT2D eigenvalue weighted by Gasteiger charge is 2.37. The second-order valence-corrected chi connectivity index (χ2v) is 8.71. The van der Waals surface area contributed by atoms with Gasteiger partial charge in [0.25, 0.3) is 17.5 Å². The monoisotopic (exact) mass is 545 g/mol. The number of rotatable bonds is 6. The number of ether oxygens (including phenoxy) is 1. The van der Waals surface area contributed by atoms with E-state index in [4.69, 9.17) is 39.5 Å². The van der Waals surface area contributed by atoms with Crippen molar-refractivity contribution in [2.75, 3.05) is 4.90 Å². The lowest BCUT2D eigenvalue weighted by Crippen LogP contribution is -2.54. The molecule has 1 N–H and O–H groups in total. The van der Waals surface area contributed by atoms with E-state index in [9.17, 15) is 24.5 Å². The van der Waals surface area contributed by atoms with Crippen LogP contribution in [0.5, 0.6) is 5.75 Å². The molecule has 3 aromatic carbocycles. The van der Waals surface area contributed by atoms with Gasteiger partial charge in [0.05, 0.1) is 20.7 Å². The molecule has 1 fully saturated rings. The Kier molecular flexibility index (Phi) is 7.25. The number of nitro benzene ring substituents is 1. The van der Waals surface area contributed by atoms with Gasteiger partial charge in [-0.2, -0.15) is 0 Å². The van der Waals surface area contributed by atoms with E-state index < -0.39 is 22.8 Å². The Morgan fingerprint density at radius 3 is 2.25 bits per heavy atom. The van der Waals surface area contributed by atoms with Crippen LogP contribution in [0.25, 0.3) is 6.08 Å². The standard InChI is InChI=1S/C24H14Cl3N3O6/c25-15-3-1-2-13(8-15)12-36-21-19(26)10-14(11-20(21)27)9-18-22(31)28-24(33)29(23(18)32)16-4-6-17(7-5-16)30(34)35/h1-11H,12H2,(H,28,31,33)/b18-9+. The third kappa shape index (κ3) is 5.33. The Morgan fingerprint density at radius 1 is 0.972 bits per heavy atom. The third-order valence-corrected chi connectivity index (χ3v) is 5.82. The summed E-state index contributed by atoms with van der Waals surface area (Å²) >= 11 is 18.7. The van der Waals surface area contributed by atoms with Crippen molar-refractivity contribution in [1.82, 2.24) is 5.32 Å². The van der Waals surface area contributed by atoms with Gasteiger partial charge < -0.3 is 4.74 Å². The van der Waals surface area contributed by atoms with Gasteiger partial charge >= 0.3 is 6.03 Å². The molecule has 0 atom stereocenters. The molecule has 0 spiro atoms. The van der Waals surface area contributed by atoms with Gasteiger partial charge in [0.1, 0.15) is 12.2 Å². The van der Waals surface area contributed by atoms with Crippen LogP contribution in [-0.2, 0) is 16.2 Å². The average Bonchev–Trinajstić information content (AvgIpc) is 2.81. The van der Waals surface area contributed by atoms with E-state index in [0.29, 0.717) is 15.5 Å². The topological polar surface area (TPSA) is 119 Å². The number of non-ortho nitro benzene ring substituents is 1. The first-order valence-corrected chi connectivity index (χ1v) is 11.3. The summed E-state index contributed by atoms with van der Waals surface area (Å²) in [7, 11) is 0. The number of amides is 4. The van der Waals surface area contributed by atoms with Crippen LogP contribution < -0.4 is 15.0 Å². The van der Waals surface area contributed by atoms with E-state index in [1.54, 1.807) is 18.2 Å². The molecule has 4 amide bonds. The number of halogens is 3. The van der Waals surface area contributed by atoms with Crippen LogP contribution in [0, 0.1) is 10.1 Å². The summed E-state index contributed by atoms with van der Waals surface area (Å²) in [6, 6.07) is 13.7. The van der Waals surface area contributed by atoms with Gasteiger partial charge in [-0.05, 0) is 53.6 Å². The minimum Gasteiger partial charge on any atom is -0.486 e. The predicted molar refractivity (Wildman–Crippen MR) is 134 cm³/mol. The highest BCUT2D eigenvalue weighted by Crippen LogP contribution is 2.36. The van der Waals surface area contributed by atoms with Crippen LogP contribution in [0.2, 0.25) is 15.1 Å². The van der Waals surface area contributed by atoms with Gasteiger partial charge in [0.15, 0.2) is 5.75 Å². The number of benzene rings is 3. The largest absolute Gasteiger partial charge is 0.486 e. The van der Waals surface area contributed by atoms with Crippen LogP contribution in [0.1, 0.15) is 11.1 Å². The Bertz CT molecular complexity index is 1420. The molecule has 1 aliphatic heterocycles. The van der Waals surface area contributed by atoms with E-state index >= 15 is 0 Å². The summed E-state index contributed by atoms with van der Waals surface area (Å²) in [6.07, 6.45) is 1.22. The third-order valence-electron chi connectivity index (χ3n) is 5.02. The van der Waals surface area contributed by atoms with Gasteiger partial charge in [-0.3, -0.25) is 25.0 Å². The van der Waals surface area contributed by atoms with Crippen molar-refractivity contribution >= 4 is 70.1 Å². The second kappa shape index (κ2) is 10.4. The number of imide groups is 2. The molecule has 0 radical (unpaired) electrons. The van der Waals surface area contributed by atoms with E-state index in [-0.39, 0.29) is 39.3 Å². The summed E-state index contributed by atoms with van der Waals surface area (Å²) < 4.78 is 5.72. The number of hydrogen-bond acceptors (Lipinski definition) is 6. The van der Waals surface area contributed by atoms with Crippen molar-refractivity contribution in [3.63, 3.8) is 0 Å². The zero-order valence-corrected chi connectivity index (χ0v) is 20.3. The minimum absolute atomic E-state index is 0.0438. The van der Waals surface area contributed by atoms with Crippen molar-refractivity contribution in [2.45, 2.75) is 6.61 Å². The number of hydrogen-bond donors (Lipinski definition) is 1. The van der Waals surface area contributed by atoms with Gasteiger partial charge in [-0.1, -0.05) is 46.9 Å². The molecule has 0 aliphatic carbocycles. The summed E-state index contributed by atoms with van der Waals surface area (Å²) in [5.41, 5.74) is 0.547. The molecular weight excluding hydrogens is 533 g/mol. The van der Waals surface area contributed by atoms with Gasteiger partial charge in [-0.15, -0.1) is 0 Å². The maximum absolute atomic E-state index is 13.0. The van der Waals surface area contributed by atoms with Crippen molar-refractivity contribution < 1.29 is 24.0 Å². The van der Waals surface area contributed by atoms with Crippen LogP contribution >= 0.6 is 34.8 Å². The first-order chi connectivity index (χ1) is 17.1. The maximum atomic E-state index is 13.0. The number of carbonyl (C=O) groups is 3.